The SMILES string of the molecule is CCN1CCN(Cc2cc(C)n(-c3ccc(C)cn3)c2C)CCOc2ccccc2CC1=O. The van der Waals surface area contributed by atoms with Crippen molar-refractivity contribution in [1.29, 1.82) is 0 Å². The molecular formula is C27H34N4O2. The fourth-order valence-corrected chi connectivity index (χ4v) is 4.52. The molecule has 1 amide bonds. The van der Waals surface area contributed by atoms with Crippen LogP contribution in [0.25, 0.3) is 5.82 Å². The van der Waals surface area contributed by atoms with E-state index < -0.39 is 0 Å². The van der Waals surface area contributed by atoms with Gasteiger partial charge >= 0.3 is 0 Å². The van der Waals surface area contributed by atoms with Crippen LogP contribution in [0.4, 0.5) is 0 Å². The molecule has 1 aliphatic rings. The molecule has 0 fully saturated rings. The highest BCUT2D eigenvalue weighted by atomic mass is 16.5. The first-order valence-electron chi connectivity index (χ1n) is 11.8. The van der Waals surface area contributed by atoms with Crippen LogP contribution in [0.2, 0.25) is 0 Å². The summed E-state index contributed by atoms with van der Waals surface area (Å²) in [6.45, 7) is 12.8. The number of aryl methyl sites for hydroxylation is 2. The summed E-state index contributed by atoms with van der Waals surface area (Å²) in [5.41, 5.74) is 5.77. The average molecular weight is 447 g/mol. The second kappa shape index (κ2) is 10.2. The summed E-state index contributed by atoms with van der Waals surface area (Å²) >= 11 is 0. The first kappa shape index (κ1) is 23.1. The van der Waals surface area contributed by atoms with Gasteiger partial charge in [0, 0.05) is 55.9 Å². The van der Waals surface area contributed by atoms with Gasteiger partial charge in [0.1, 0.15) is 18.2 Å². The molecule has 0 spiro atoms. The fourth-order valence-electron chi connectivity index (χ4n) is 4.52. The maximum Gasteiger partial charge on any atom is 0.227 e. The Morgan fingerprint density at radius 2 is 1.85 bits per heavy atom. The molecule has 0 bridgehead atoms. The van der Waals surface area contributed by atoms with E-state index in [9.17, 15) is 4.79 Å². The molecule has 33 heavy (non-hydrogen) atoms. The van der Waals surface area contributed by atoms with Gasteiger partial charge in [0.2, 0.25) is 5.91 Å². The van der Waals surface area contributed by atoms with Gasteiger partial charge in [-0.2, -0.15) is 0 Å². The molecule has 6 heteroatoms. The highest BCUT2D eigenvalue weighted by Gasteiger charge is 2.20. The monoisotopic (exact) mass is 446 g/mol. The van der Waals surface area contributed by atoms with Gasteiger partial charge in [0.05, 0.1) is 6.42 Å². The van der Waals surface area contributed by atoms with Gasteiger partial charge in [-0.3, -0.25) is 9.69 Å². The largest absolute Gasteiger partial charge is 0.492 e. The Balaban J connectivity index is 1.56. The Hall–Kier alpha value is -3.12. The number of rotatable bonds is 4. The fraction of sp³-hybridized carbons (Fsp3) is 0.407. The molecule has 0 saturated carbocycles. The van der Waals surface area contributed by atoms with E-state index >= 15 is 0 Å². The number of hydrogen-bond acceptors (Lipinski definition) is 4. The number of carbonyl (C=O) groups excluding carboxylic acids is 1. The van der Waals surface area contributed by atoms with Gasteiger partial charge in [-0.05, 0) is 57.0 Å². The van der Waals surface area contributed by atoms with E-state index in [0.717, 1.165) is 48.9 Å². The predicted molar refractivity (Wildman–Crippen MR) is 131 cm³/mol. The third-order valence-electron chi connectivity index (χ3n) is 6.45. The smallest absolute Gasteiger partial charge is 0.227 e. The molecule has 0 unspecified atom stereocenters. The van der Waals surface area contributed by atoms with Crippen molar-refractivity contribution in [2.24, 2.45) is 0 Å². The van der Waals surface area contributed by atoms with Crippen LogP contribution in [0, 0.1) is 20.8 Å². The zero-order chi connectivity index (χ0) is 23.4. The lowest BCUT2D eigenvalue weighted by atomic mass is 10.1. The van der Waals surface area contributed by atoms with E-state index in [4.69, 9.17) is 4.74 Å². The first-order valence-corrected chi connectivity index (χ1v) is 11.8. The molecule has 1 aliphatic heterocycles. The molecule has 174 valence electrons. The molecular weight excluding hydrogens is 412 g/mol. The minimum Gasteiger partial charge on any atom is -0.492 e. The van der Waals surface area contributed by atoms with E-state index in [-0.39, 0.29) is 5.91 Å². The lowest BCUT2D eigenvalue weighted by Gasteiger charge is -2.26. The van der Waals surface area contributed by atoms with E-state index in [2.05, 4.69) is 53.4 Å². The molecule has 0 N–H and O–H groups in total. The summed E-state index contributed by atoms with van der Waals surface area (Å²) < 4.78 is 8.33. The van der Waals surface area contributed by atoms with Gasteiger partial charge in [0.25, 0.3) is 0 Å². The molecule has 0 atom stereocenters. The van der Waals surface area contributed by atoms with Crippen LogP contribution in [-0.2, 0) is 17.8 Å². The summed E-state index contributed by atoms with van der Waals surface area (Å²) in [6, 6.07) is 14.3. The maximum atomic E-state index is 12.9. The first-order chi connectivity index (χ1) is 16.0. The molecule has 4 rings (SSSR count). The van der Waals surface area contributed by atoms with Crippen molar-refractivity contribution in [3.63, 3.8) is 0 Å². The number of nitrogens with zero attached hydrogens (tertiary/aromatic N) is 4. The standard InChI is InChI=1S/C27H34N4O2/c1-5-30-13-12-29(14-15-33-25-9-7-6-8-23(25)17-27(30)32)19-24-16-21(3)31(22(24)4)26-11-10-20(2)18-28-26/h6-11,16,18H,5,12-15,17,19H2,1-4H3. The van der Waals surface area contributed by atoms with Crippen LogP contribution in [-0.4, -0.2) is 58.0 Å². The number of pyridine rings is 1. The Bertz CT molecular complexity index is 1100. The second-order valence-corrected chi connectivity index (χ2v) is 8.81. The topological polar surface area (TPSA) is 50.6 Å². The van der Waals surface area contributed by atoms with Crippen molar-refractivity contribution in [2.45, 2.75) is 40.7 Å². The van der Waals surface area contributed by atoms with Crippen molar-refractivity contribution in [3.05, 3.63) is 76.7 Å². The van der Waals surface area contributed by atoms with Gasteiger partial charge in [0.15, 0.2) is 0 Å². The minimum absolute atomic E-state index is 0.152. The Labute approximate surface area is 196 Å². The van der Waals surface area contributed by atoms with Gasteiger partial charge in [-0.25, -0.2) is 4.98 Å². The summed E-state index contributed by atoms with van der Waals surface area (Å²) in [5, 5.41) is 0. The Morgan fingerprint density at radius 1 is 1.03 bits per heavy atom. The van der Waals surface area contributed by atoms with Gasteiger partial charge in [-0.1, -0.05) is 24.3 Å². The number of para-hydroxylation sites is 1. The molecule has 6 nitrogen and oxygen atoms in total. The number of benzene rings is 1. The van der Waals surface area contributed by atoms with Gasteiger partial charge in [-0.15, -0.1) is 0 Å². The normalized spacial score (nSPS) is 15.6. The molecule has 0 aliphatic carbocycles. The highest BCUT2D eigenvalue weighted by molar-refractivity contribution is 5.79. The van der Waals surface area contributed by atoms with Crippen LogP contribution in [0.15, 0.2) is 48.7 Å². The van der Waals surface area contributed by atoms with E-state index in [1.807, 2.05) is 42.3 Å². The zero-order valence-corrected chi connectivity index (χ0v) is 20.2. The number of ether oxygens (including phenoxy) is 1. The number of amides is 1. The van der Waals surface area contributed by atoms with E-state index in [0.29, 0.717) is 19.6 Å². The van der Waals surface area contributed by atoms with E-state index in [1.54, 1.807) is 0 Å². The van der Waals surface area contributed by atoms with Crippen LogP contribution in [0.5, 0.6) is 5.75 Å². The molecule has 1 aromatic carbocycles. The highest BCUT2D eigenvalue weighted by Crippen LogP contribution is 2.23. The quantitative estimate of drug-likeness (QED) is 0.606. The van der Waals surface area contributed by atoms with Crippen molar-refractivity contribution < 1.29 is 9.53 Å². The summed E-state index contributed by atoms with van der Waals surface area (Å²) in [5.74, 6) is 1.91. The third-order valence-corrected chi connectivity index (χ3v) is 6.45. The number of likely N-dealkylation sites (N-methyl/N-ethyl adjacent to an activating group) is 1. The molecule has 3 aromatic rings. The number of carbonyl (C=O) groups is 1. The maximum absolute atomic E-state index is 12.9. The third kappa shape index (κ3) is 5.28. The Morgan fingerprint density at radius 3 is 2.61 bits per heavy atom. The molecule has 2 aromatic heterocycles. The lowest BCUT2D eigenvalue weighted by molar-refractivity contribution is -0.130. The average Bonchev–Trinajstić information content (AvgIpc) is 3.06. The molecule has 0 radical (unpaired) electrons. The summed E-state index contributed by atoms with van der Waals surface area (Å²) in [7, 11) is 0. The second-order valence-electron chi connectivity index (χ2n) is 8.81. The minimum atomic E-state index is 0.152. The van der Waals surface area contributed by atoms with Crippen molar-refractivity contribution in [3.8, 4) is 11.6 Å². The number of hydrogen-bond donors (Lipinski definition) is 0. The lowest BCUT2D eigenvalue weighted by Crippen LogP contribution is -2.39. The van der Waals surface area contributed by atoms with E-state index in [1.165, 1.54) is 17.0 Å². The number of fused-ring (bicyclic) bond motifs is 1. The molecule has 3 heterocycles. The summed E-state index contributed by atoms with van der Waals surface area (Å²) in [6.07, 6.45) is 2.29. The summed E-state index contributed by atoms with van der Waals surface area (Å²) in [4.78, 5) is 21.9. The number of aromatic nitrogens is 2. The van der Waals surface area contributed by atoms with Crippen LogP contribution in [0.3, 0.4) is 0 Å². The molecule has 0 saturated heterocycles. The van der Waals surface area contributed by atoms with Crippen molar-refractivity contribution in [2.75, 3.05) is 32.8 Å². The van der Waals surface area contributed by atoms with Gasteiger partial charge < -0.3 is 14.2 Å². The zero-order valence-electron chi connectivity index (χ0n) is 20.2. The van der Waals surface area contributed by atoms with Crippen molar-refractivity contribution in [1.82, 2.24) is 19.4 Å². The van der Waals surface area contributed by atoms with Crippen LogP contribution >= 0.6 is 0 Å². The van der Waals surface area contributed by atoms with Crippen molar-refractivity contribution >= 4 is 5.91 Å². The van der Waals surface area contributed by atoms with Crippen LogP contribution < -0.4 is 4.74 Å². The van der Waals surface area contributed by atoms with Crippen LogP contribution in [0.1, 0.15) is 35.0 Å². The Kier molecular flexibility index (Phi) is 7.14. The predicted octanol–water partition coefficient (Wildman–Crippen LogP) is 4.08.